The number of rotatable bonds is 4. The van der Waals surface area contributed by atoms with Gasteiger partial charge < -0.3 is 20.1 Å². The second kappa shape index (κ2) is 7.66. The summed E-state index contributed by atoms with van der Waals surface area (Å²) in [6.45, 7) is 1.96. The van der Waals surface area contributed by atoms with E-state index in [1.807, 2.05) is 18.2 Å². The molecule has 1 aliphatic rings. The third-order valence-corrected chi connectivity index (χ3v) is 3.74. The monoisotopic (exact) mass is 324 g/mol. The summed E-state index contributed by atoms with van der Waals surface area (Å²) in [4.78, 5) is 8.71. The van der Waals surface area contributed by atoms with Gasteiger partial charge in [0, 0.05) is 30.4 Å². The molecule has 0 aliphatic carbocycles. The number of anilines is 1. The maximum Gasteiger partial charge on any atom is 0.224 e. The molecule has 1 unspecified atom stereocenters. The van der Waals surface area contributed by atoms with Crippen molar-refractivity contribution in [2.45, 2.75) is 12.5 Å². The fourth-order valence-corrected chi connectivity index (χ4v) is 2.47. The molecule has 124 valence electrons. The van der Waals surface area contributed by atoms with Crippen LogP contribution in [0.15, 0.2) is 30.5 Å². The highest BCUT2D eigenvalue weighted by Gasteiger charge is 2.14. The van der Waals surface area contributed by atoms with Crippen molar-refractivity contribution in [1.29, 1.82) is 0 Å². The van der Waals surface area contributed by atoms with E-state index >= 15 is 0 Å². The Bertz CT molecular complexity index is 739. The van der Waals surface area contributed by atoms with Gasteiger partial charge in [-0.3, -0.25) is 0 Å². The molecule has 6 nitrogen and oxygen atoms in total. The number of hydrogen-bond donors (Lipinski definition) is 2. The van der Waals surface area contributed by atoms with Crippen LogP contribution < -0.4 is 20.1 Å². The zero-order chi connectivity index (χ0) is 16.8. The first kappa shape index (κ1) is 16.1. The van der Waals surface area contributed by atoms with Gasteiger partial charge in [-0.2, -0.15) is 0 Å². The number of hydrogen-bond acceptors (Lipinski definition) is 6. The normalized spacial score (nSPS) is 16.2. The third-order valence-electron chi connectivity index (χ3n) is 3.74. The van der Waals surface area contributed by atoms with Crippen molar-refractivity contribution in [3.05, 3.63) is 41.7 Å². The molecule has 0 radical (unpaired) electrons. The molecule has 0 spiro atoms. The average Bonchev–Trinajstić information content (AvgIpc) is 3.13. The van der Waals surface area contributed by atoms with Crippen molar-refractivity contribution in [3.8, 4) is 23.3 Å². The van der Waals surface area contributed by atoms with Crippen molar-refractivity contribution < 1.29 is 9.47 Å². The predicted octanol–water partition coefficient (Wildman–Crippen LogP) is 1.67. The maximum absolute atomic E-state index is 5.25. The number of aromatic nitrogens is 2. The Morgan fingerprint density at radius 3 is 2.62 bits per heavy atom. The summed E-state index contributed by atoms with van der Waals surface area (Å²) in [6, 6.07) is 7.70. The molecule has 2 N–H and O–H groups in total. The van der Waals surface area contributed by atoms with E-state index in [4.69, 9.17) is 9.47 Å². The molecule has 1 saturated heterocycles. The van der Waals surface area contributed by atoms with Gasteiger partial charge in [0.05, 0.1) is 14.2 Å². The zero-order valence-electron chi connectivity index (χ0n) is 13.8. The smallest absolute Gasteiger partial charge is 0.224 e. The Morgan fingerprint density at radius 1 is 1.17 bits per heavy atom. The Labute approximate surface area is 141 Å². The number of methoxy groups -OCH3 is 2. The second-order valence-electron chi connectivity index (χ2n) is 5.45. The molecule has 24 heavy (non-hydrogen) atoms. The summed E-state index contributed by atoms with van der Waals surface area (Å²) in [5.41, 5.74) is 1.47. The molecule has 1 aromatic heterocycles. The molecule has 1 aliphatic heterocycles. The molecule has 2 aromatic rings. The molecule has 6 heteroatoms. The van der Waals surface area contributed by atoms with Crippen LogP contribution in [0.4, 0.5) is 5.95 Å². The molecular formula is C18H20N4O2. The molecule has 1 atom stereocenters. The Kier molecular flexibility index (Phi) is 5.14. The highest BCUT2D eigenvalue weighted by molar-refractivity contribution is 5.48. The van der Waals surface area contributed by atoms with Gasteiger partial charge in [-0.1, -0.05) is 5.92 Å². The van der Waals surface area contributed by atoms with Gasteiger partial charge in [0.15, 0.2) is 0 Å². The van der Waals surface area contributed by atoms with E-state index in [9.17, 15) is 0 Å². The molecule has 2 heterocycles. The SMILES string of the molecule is COc1cc(C#Cc2ccnc(NC3CCNC3)n2)cc(OC)c1. The van der Waals surface area contributed by atoms with Crippen LogP contribution in [0, 0.1) is 11.8 Å². The van der Waals surface area contributed by atoms with Crippen LogP contribution in [0.25, 0.3) is 0 Å². The second-order valence-corrected chi connectivity index (χ2v) is 5.45. The average molecular weight is 324 g/mol. The van der Waals surface area contributed by atoms with Crippen LogP contribution in [-0.4, -0.2) is 43.3 Å². The maximum atomic E-state index is 5.25. The minimum absolute atomic E-state index is 0.371. The summed E-state index contributed by atoms with van der Waals surface area (Å²) >= 11 is 0. The van der Waals surface area contributed by atoms with Crippen LogP contribution in [0.5, 0.6) is 11.5 Å². The first-order valence-corrected chi connectivity index (χ1v) is 7.82. The standard InChI is InChI=1S/C18H20N4O2/c1-23-16-9-13(10-17(11-16)24-2)3-4-14-6-8-20-18(21-14)22-15-5-7-19-12-15/h6,8-11,15,19H,5,7,12H2,1-2H3,(H,20,21,22). The number of ether oxygens (including phenoxy) is 2. The lowest BCUT2D eigenvalue weighted by molar-refractivity contribution is 0.394. The lowest BCUT2D eigenvalue weighted by atomic mass is 10.2. The van der Waals surface area contributed by atoms with Crippen molar-refractivity contribution in [1.82, 2.24) is 15.3 Å². The minimum atomic E-state index is 0.371. The van der Waals surface area contributed by atoms with E-state index < -0.39 is 0 Å². The van der Waals surface area contributed by atoms with Gasteiger partial charge in [0.2, 0.25) is 5.95 Å². The van der Waals surface area contributed by atoms with Crippen LogP contribution in [-0.2, 0) is 0 Å². The molecule has 0 amide bonds. The number of benzene rings is 1. The molecule has 1 aromatic carbocycles. The van der Waals surface area contributed by atoms with Gasteiger partial charge in [-0.15, -0.1) is 0 Å². The van der Waals surface area contributed by atoms with Gasteiger partial charge in [-0.05, 0) is 37.1 Å². The van der Waals surface area contributed by atoms with Gasteiger partial charge in [0.25, 0.3) is 0 Å². The predicted molar refractivity (Wildman–Crippen MR) is 92.5 cm³/mol. The fourth-order valence-electron chi connectivity index (χ4n) is 2.47. The van der Waals surface area contributed by atoms with E-state index in [0.717, 1.165) is 25.1 Å². The Morgan fingerprint density at radius 2 is 1.96 bits per heavy atom. The molecule has 0 bridgehead atoms. The minimum Gasteiger partial charge on any atom is -0.497 e. The van der Waals surface area contributed by atoms with E-state index in [1.54, 1.807) is 26.5 Å². The first-order valence-electron chi connectivity index (χ1n) is 7.82. The zero-order valence-corrected chi connectivity index (χ0v) is 13.8. The van der Waals surface area contributed by atoms with Gasteiger partial charge in [-0.25, -0.2) is 9.97 Å². The molecule has 3 rings (SSSR count). The first-order chi connectivity index (χ1) is 11.8. The van der Waals surface area contributed by atoms with E-state index in [-0.39, 0.29) is 0 Å². The summed E-state index contributed by atoms with van der Waals surface area (Å²) < 4.78 is 10.5. The number of nitrogens with one attached hydrogen (secondary N) is 2. The van der Waals surface area contributed by atoms with Crippen molar-refractivity contribution in [2.75, 3.05) is 32.6 Å². The largest absolute Gasteiger partial charge is 0.497 e. The Hall–Kier alpha value is -2.78. The number of nitrogens with zero attached hydrogens (tertiary/aromatic N) is 2. The van der Waals surface area contributed by atoms with E-state index in [2.05, 4.69) is 32.4 Å². The highest BCUT2D eigenvalue weighted by Crippen LogP contribution is 2.21. The lowest BCUT2D eigenvalue weighted by Crippen LogP contribution is -2.23. The van der Waals surface area contributed by atoms with E-state index in [1.165, 1.54) is 0 Å². The molecule has 1 fully saturated rings. The van der Waals surface area contributed by atoms with Gasteiger partial charge in [0.1, 0.15) is 17.2 Å². The fraction of sp³-hybridized carbons (Fsp3) is 0.333. The van der Waals surface area contributed by atoms with Crippen LogP contribution >= 0.6 is 0 Å². The van der Waals surface area contributed by atoms with Crippen molar-refractivity contribution in [3.63, 3.8) is 0 Å². The quantitative estimate of drug-likeness (QED) is 0.834. The van der Waals surface area contributed by atoms with Crippen LogP contribution in [0.3, 0.4) is 0 Å². The molecular weight excluding hydrogens is 304 g/mol. The van der Waals surface area contributed by atoms with Crippen molar-refractivity contribution in [2.24, 2.45) is 0 Å². The van der Waals surface area contributed by atoms with Crippen molar-refractivity contribution >= 4 is 5.95 Å². The van der Waals surface area contributed by atoms with E-state index in [0.29, 0.717) is 29.2 Å². The lowest BCUT2D eigenvalue weighted by Gasteiger charge is -2.10. The molecule has 0 saturated carbocycles. The highest BCUT2D eigenvalue weighted by atomic mass is 16.5. The Balaban J connectivity index is 1.77. The topological polar surface area (TPSA) is 68.3 Å². The summed E-state index contributed by atoms with van der Waals surface area (Å²) in [5, 5.41) is 6.63. The van der Waals surface area contributed by atoms with Crippen LogP contribution in [0.2, 0.25) is 0 Å². The summed E-state index contributed by atoms with van der Waals surface area (Å²) in [5.74, 6) is 8.17. The van der Waals surface area contributed by atoms with Gasteiger partial charge >= 0.3 is 0 Å². The summed E-state index contributed by atoms with van der Waals surface area (Å²) in [7, 11) is 3.23. The van der Waals surface area contributed by atoms with Crippen LogP contribution in [0.1, 0.15) is 17.7 Å². The summed E-state index contributed by atoms with van der Waals surface area (Å²) in [6.07, 6.45) is 2.79. The third kappa shape index (κ3) is 4.15.